The predicted molar refractivity (Wildman–Crippen MR) is 76.7 cm³/mol. The normalized spacial score (nSPS) is 12.4. The van der Waals surface area contributed by atoms with Crippen LogP contribution in [0, 0.1) is 0 Å². The third-order valence-electron chi connectivity index (χ3n) is 3.06. The average molecular weight is 278 g/mol. The van der Waals surface area contributed by atoms with E-state index in [0.717, 1.165) is 10.5 Å². The summed E-state index contributed by atoms with van der Waals surface area (Å²) in [7, 11) is 1.59. The van der Waals surface area contributed by atoms with Gasteiger partial charge in [0.25, 0.3) is 0 Å². The maximum Gasteiger partial charge on any atom is 0.163 e. The Bertz CT molecular complexity index is 533. The van der Waals surface area contributed by atoms with E-state index in [1.165, 1.54) is 0 Å². The molecule has 0 aliphatic heterocycles. The number of thioether (sulfide) groups is 1. The van der Waals surface area contributed by atoms with Crippen molar-refractivity contribution in [2.75, 3.05) is 13.4 Å². The lowest BCUT2D eigenvalue weighted by Crippen LogP contribution is -2.11. The molecule has 1 N–H and O–H groups in total. The van der Waals surface area contributed by atoms with Crippen LogP contribution in [-0.2, 0) is 6.54 Å². The SMILES string of the molecule is CCn1ncc(OC)c1C(O)c1ccccc1SC. The fourth-order valence-electron chi connectivity index (χ4n) is 2.10. The molecule has 102 valence electrons. The molecule has 2 rings (SSSR count). The zero-order valence-corrected chi connectivity index (χ0v) is 12.1. The van der Waals surface area contributed by atoms with E-state index in [1.807, 2.05) is 37.4 Å². The predicted octanol–water partition coefficient (Wildman–Crippen LogP) is 2.72. The van der Waals surface area contributed by atoms with Crippen molar-refractivity contribution in [1.29, 1.82) is 0 Å². The van der Waals surface area contributed by atoms with Crippen molar-refractivity contribution in [3.05, 3.63) is 41.7 Å². The molecule has 0 spiro atoms. The van der Waals surface area contributed by atoms with Crippen LogP contribution in [0.25, 0.3) is 0 Å². The fraction of sp³-hybridized carbons (Fsp3) is 0.357. The Kier molecular flexibility index (Phi) is 4.50. The number of aromatic nitrogens is 2. The molecule has 1 aromatic carbocycles. The van der Waals surface area contributed by atoms with Gasteiger partial charge in [0, 0.05) is 17.0 Å². The Morgan fingerprint density at radius 3 is 2.79 bits per heavy atom. The third kappa shape index (κ3) is 2.62. The van der Waals surface area contributed by atoms with Gasteiger partial charge in [0.15, 0.2) is 5.75 Å². The number of methoxy groups -OCH3 is 1. The highest BCUT2D eigenvalue weighted by Gasteiger charge is 2.22. The molecule has 5 heteroatoms. The highest BCUT2D eigenvalue weighted by atomic mass is 32.2. The van der Waals surface area contributed by atoms with Crippen LogP contribution in [0.3, 0.4) is 0 Å². The van der Waals surface area contributed by atoms with Crippen LogP contribution in [0.4, 0.5) is 0 Å². The molecule has 19 heavy (non-hydrogen) atoms. The van der Waals surface area contributed by atoms with Crippen LogP contribution in [0.2, 0.25) is 0 Å². The van der Waals surface area contributed by atoms with Crippen LogP contribution in [0.1, 0.15) is 24.3 Å². The minimum absolute atomic E-state index is 0.616. The number of aryl methyl sites for hydroxylation is 1. The number of aliphatic hydroxyl groups is 1. The molecule has 0 saturated carbocycles. The number of hydrogen-bond donors (Lipinski definition) is 1. The molecule has 4 nitrogen and oxygen atoms in total. The van der Waals surface area contributed by atoms with Gasteiger partial charge in [-0.3, -0.25) is 4.68 Å². The van der Waals surface area contributed by atoms with E-state index < -0.39 is 6.10 Å². The average Bonchev–Trinajstić information content (AvgIpc) is 2.89. The number of nitrogens with zero attached hydrogens (tertiary/aromatic N) is 2. The number of benzene rings is 1. The quantitative estimate of drug-likeness (QED) is 0.854. The van der Waals surface area contributed by atoms with E-state index in [-0.39, 0.29) is 0 Å². The minimum atomic E-state index is -0.735. The molecule has 0 saturated heterocycles. The smallest absolute Gasteiger partial charge is 0.163 e. The first kappa shape index (κ1) is 14.0. The molecule has 1 heterocycles. The van der Waals surface area contributed by atoms with Gasteiger partial charge >= 0.3 is 0 Å². The van der Waals surface area contributed by atoms with Gasteiger partial charge < -0.3 is 9.84 Å². The van der Waals surface area contributed by atoms with Crippen molar-refractivity contribution in [1.82, 2.24) is 9.78 Å². The minimum Gasteiger partial charge on any atom is -0.493 e. The summed E-state index contributed by atoms with van der Waals surface area (Å²) in [6, 6.07) is 7.83. The Morgan fingerprint density at radius 1 is 1.42 bits per heavy atom. The summed E-state index contributed by atoms with van der Waals surface area (Å²) in [6.07, 6.45) is 2.91. The maximum atomic E-state index is 10.7. The Labute approximate surface area is 117 Å². The lowest BCUT2D eigenvalue weighted by Gasteiger charge is -2.17. The van der Waals surface area contributed by atoms with E-state index in [0.29, 0.717) is 18.0 Å². The van der Waals surface area contributed by atoms with Crippen LogP contribution in [-0.4, -0.2) is 28.3 Å². The molecule has 1 aromatic heterocycles. The van der Waals surface area contributed by atoms with Gasteiger partial charge in [-0.2, -0.15) is 5.10 Å². The second-order valence-corrected chi connectivity index (χ2v) is 4.91. The topological polar surface area (TPSA) is 47.3 Å². The van der Waals surface area contributed by atoms with E-state index >= 15 is 0 Å². The monoisotopic (exact) mass is 278 g/mol. The summed E-state index contributed by atoms with van der Waals surface area (Å²) < 4.78 is 7.06. The van der Waals surface area contributed by atoms with Crippen LogP contribution in [0.15, 0.2) is 35.4 Å². The molecule has 1 atom stereocenters. The van der Waals surface area contributed by atoms with Crippen molar-refractivity contribution in [2.45, 2.75) is 24.5 Å². The van der Waals surface area contributed by atoms with Gasteiger partial charge in [0.2, 0.25) is 0 Å². The second kappa shape index (κ2) is 6.12. The second-order valence-electron chi connectivity index (χ2n) is 4.06. The summed E-state index contributed by atoms with van der Waals surface area (Å²) in [6.45, 7) is 2.68. The van der Waals surface area contributed by atoms with E-state index in [2.05, 4.69) is 5.10 Å². The standard InChI is InChI=1S/C14H18N2O2S/c1-4-16-13(11(18-2)9-15-16)14(17)10-7-5-6-8-12(10)19-3/h5-9,14,17H,4H2,1-3H3. The zero-order valence-electron chi connectivity index (χ0n) is 11.3. The van der Waals surface area contributed by atoms with Crippen molar-refractivity contribution in [2.24, 2.45) is 0 Å². The summed E-state index contributed by atoms with van der Waals surface area (Å²) >= 11 is 1.62. The van der Waals surface area contributed by atoms with Crippen LogP contribution >= 0.6 is 11.8 Å². The van der Waals surface area contributed by atoms with Crippen LogP contribution < -0.4 is 4.74 Å². The highest BCUT2D eigenvalue weighted by molar-refractivity contribution is 7.98. The molecule has 0 radical (unpaired) electrons. The maximum absolute atomic E-state index is 10.7. The molecule has 0 bridgehead atoms. The largest absolute Gasteiger partial charge is 0.493 e. The van der Waals surface area contributed by atoms with Gasteiger partial charge in [0.05, 0.1) is 13.3 Å². The molecule has 0 aliphatic rings. The summed E-state index contributed by atoms with van der Waals surface area (Å²) in [5, 5.41) is 14.9. The van der Waals surface area contributed by atoms with Gasteiger partial charge in [-0.25, -0.2) is 0 Å². The molecule has 0 aliphatic carbocycles. The first-order chi connectivity index (χ1) is 9.22. The van der Waals surface area contributed by atoms with E-state index in [1.54, 1.807) is 29.8 Å². The first-order valence-corrected chi connectivity index (χ1v) is 7.36. The van der Waals surface area contributed by atoms with E-state index in [4.69, 9.17) is 4.74 Å². The molecular weight excluding hydrogens is 260 g/mol. The molecule has 2 aromatic rings. The number of ether oxygens (including phenoxy) is 1. The molecule has 0 fully saturated rings. The summed E-state index contributed by atoms with van der Waals surface area (Å²) in [4.78, 5) is 1.06. The highest BCUT2D eigenvalue weighted by Crippen LogP contribution is 2.34. The van der Waals surface area contributed by atoms with Gasteiger partial charge in [-0.05, 0) is 19.2 Å². The van der Waals surface area contributed by atoms with E-state index in [9.17, 15) is 5.11 Å². The van der Waals surface area contributed by atoms with Crippen molar-refractivity contribution in [3.8, 4) is 5.75 Å². The van der Waals surface area contributed by atoms with Crippen LogP contribution in [0.5, 0.6) is 5.75 Å². The molecular formula is C14H18N2O2S. The number of rotatable bonds is 5. The third-order valence-corrected chi connectivity index (χ3v) is 3.87. The van der Waals surface area contributed by atoms with Gasteiger partial charge in [-0.15, -0.1) is 11.8 Å². The van der Waals surface area contributed by atoms with Gasteiger partial charge in [-0.1, -0.05) is 18.2 Å². The number of aliphatic hydroxyl groups excluding tert-OH is 1. The lowest BCUT2D eigenvalue weighted by molar-refractivity contribution is 0.200. The number of hydrogen-bond acceptors (Lipinski definition) is 4. The zero-order chi connectivity index (χ0) is 13.8. The molecule has 1 unspecified atom stereocenters. The Morgan fingerprint density at radius 2 is 2.16 bits per heavy atom. The summed E-state index contributed by atoms with van der Waals surface area (Å²) in [5.41, 5.74) is 1.58. The Balaban J connectivity index is 2.49. The van der Waals surface area contributed by atoms with Crippen molar-refractivity contribution >= 4 is 11.8 Å². The van der Waals surface area contributed by atoms with Crippen molar-refractivity contribution in [3.63, 3.8) is 0 Å². The van der Waals surface area contributed by atoms with Crippen molar-refractivity contribution < 1.29 is 9.84 Å². The fourth-order valence-corrected chi connectivity index (χ4v) is 2.73. The Hall–Kier alpha value is -1.46. The van der Waals surface area contributed by atoms with Gasteiger partial charge in [0.1, 0.15) is 11.8 Å². The summed E-state index contributed by atoms with van der Waals surface area (Å²) in [5.74, 6) is 0.616. The molecule has 0 amide bonds. The first-order valence-electron chi connectivity index (χ1n) is 6.13. The lowest BCUT2D eigenvalue weighted by atomic mass is 10.1.